The van der Waals surface area contributed by atoms with Gasteiger partial charge in [-0.15, -0.1) is 11.6 Å². The van der Waals surface area contributed by atoms with Crippen LogP contribution in [0.3, 0.4) is 0 Å². The van der Waals surface area contributed by atoms with E-state index in [1.54, 1.807) is 0 Å². The molecule has 0 aromatic heterocycles. The summed E-state index contributed by atoms with van der Waals surface area (Å²) in [6.07, 6.45) is 2.15. The van der Waals surface area contributed by atoms with E-state index in [9.17, 15) is 4.79 Å². The molecule has 0 aliphatic carbocycles. The Morgan fingerprint density at radius 3 is 2.32 bits per heavy atom. The first kappa shape index (κ1) is 17.2. The van der Waals surface area contributed by atoms with Crippen molar-refractivity contribution >= 4 is 28.4 Å². The largest absolute Gasteiger partial charge is 0.322 e. The third-order valence-corrected chi connectivity index (χ3v) is 6.63. The number of carbonyl (C=O) groups excluding carboxylic acids is 1. The predicted molar refractivity (Wildman–Crippen MR) is 98.6 cm³/mol. The number of amides is 1. The van der Waals surface area contributed by atoms with Crippen molar-refractivity contribution in [3.63, 3.8) is 0 Å². The molecule has 0 saturated heterocycles. The Balaban J connectivity index is 2.13. The van der Waals surface area contributed by atoms with E-state index in [-0.39, 0.29) is 22.2 Å². The molecule has 0 saturated carbocycles. The van der Waals surface area contributed by atoms with E-state index in [1.165, 1.54) is 4.91 Å². The van der Waals surface area contributed by atoms with Crippen molar-refractivity contribution in [3.8, 4) is 0 Å². The predicted octanol–water partition coefficient (Wildman–Crippen LogP) is 4.96. The lowest BCUT2D eigenvalue weighted by molar-refractivity contribution is 0.0967. The number of hydrogen-bond acceptors (Lipinski definition) is 1. The number of benzene rings is 1. The highest BCUT2D eigenvalue weighted by molar-refractivity contribution is 8.23. The Morgan fingerprint density at radius 1 is 1.23 bits per heavy atom. The molecule has 1 atom stereocenters. The highest BCUT2D eigenvalue weighted by atomic mass is 35.5. The normalized spacial score (nSPS) is 19.6. The standard InChI is InChI=1S/C18H24ClNOS/c1-5-22-12-15(10-16(22)18(2,3)4)20-17(21)14-8-6-13(11-19)7-9-14/h6-10,12,22H,5,11H2,1-4H3,(H,20,21). The number of carbonyl (C=O) groups is 1. The Morgan fingerprint density at radius 2 is 1.86 bits per heavy atom. The fraction of sp³-hybridized carbons (Fsp3) is 0.389. The van der Waals surface area contributed by atoms with Gasteiger partial charge in [-0.2, -0.15) is 0 Å². The number of rotatable bonds is 4. The first-order chi connectivity index (χ1) is 10.3. The van der Waals surface area contributed by atoms with E-state index in [4.69, 9.17) is 11.6 Å². The number of thiol groups is 1. The lowest BCUT2D eigenvalue weighted by Crippen LogP contribution is -2.21. The van der Waals surface area contributed by atoms with Crippen LogP contribution in [0, 0.1) is 5.41 Å². The molecule has 0 bridgehead atoms. The molecule has 0 spiro atoms. The van der Waals surface area contributed by atoms with Gasteiger partial charge < -0.3 is 5.32 Å². The number of nitrogens with one attached hydrogen (secondary N) is 1. The molecular formula is C18H24ClNOS. The molecule has 22 heavy (non-hydrogen) atoms. The molecular weight excluding hydrogens is 314 g/mol. The monoisotopic (exact) mass is 337 g/mol. The van der Waals surface area contributed by atoms with E-state index < -0.39 is 0 Å². The molecule has 1 aliphatic rings. The molecule has 1 aromatic rings. The molecule has 4 heteroatoms. The summed E-state index contributed by atoms with van der Waals surface area (Å²) < 4.78 is 0. The minimum atomic E-state index is -0.274. The minimum Gasteiger partial charge on any atom is -0.322 e. The SMILES string of the molecule is CC[SH]1C=C(NC(=O)c2ccc(CCl)cc2)C=C1C(C)(C)C. The second-order valence-electron chi connectivity index (χ2n) is 6.43. The van der Waals surface area contributed by atoms with Gasteiger partial charge in [0, 0.05) is 17.1 Å². The van der Waals surface area contributed by atoms with Gasteiger partial charge in [0.2, 0.25) is 0 Å². The zero-order chi connectivity index (χ0) is 16.3. The van der Waals surface area contributed by atoms with Crippen LogP contribution in [-0.2, 0) is 5.88 Å². The van der Waals surface area contributed by atoms with Crippen molar-refractivity contribution in [1.29, 1.82) is 0 Å². The molecule has 2 nitrogen and oxygen atoms in total. The number of hydrogen-bond donors (Lipinski definition) is 2. The van der Waals surface area contributed by atoms with Gasteiger partial charge in [-0.25, -0.2) is 10.9 Å². The maximum atomic E-state index is 12.3. The van der Waals surface area contributed by atoms with E-state index in [0.29, 0.717) is 11.4 Å². The zero-order valence-electron chi connectivity index (χ0n) is 13.6. The van der Waals surface area contributed by atoms with Gasteiger partial charge in [0.15, 0.2) is 0 Å². The van der Waals surface area contributed by atoms with E-state index in [1.807, 2.05) is 24.3 Å². The summed E-state index contributed by atoms with van der Waals surface area (Å²) in [5, 5.41) is 5.25. The second-order valence-corrected chi connectivity index (χ2v) is 9.01. The van der Waals surface area contributed by atoms with Crippen LogP contribution in [0.4, 0.5) is 0 Å². The lowest BCUT2D eigenvalue weighted by Gasteiger charge is -2.27. The first-order valence-corrected chi connectivity index (χ1v) is 9.65. The summed E-state index contributed by atoms with van der Waals surface area (Å²) in [6, 6.07) is 7.42. The third-order valence-electron chi connectivity index (χ3n) is 3.63. The number of halogens is 1. The zero-order valence-corrected chi connectivity index (χ0v) is 15.3. The average molecular weight is 338 g/mol. The van der Waals surface area contributed by atoms with Gasteiger partial charge in [0.05, 0.1) is 0 Å². The highest BCUT2D eigenvalue weighted by Crippen LogP contribution is 2.51. The van der Waals surface area contributed by atoms with Crippen LogP contribution in [0.1, 0.15) is 43.6 Å². The summed E-state index contributed by atoms with van der Waals surface area (Å²) in [5.41, 5.74) is 2.76. The van der Waals surface area contributed by atoms with E-state index in [2.05, 4.69) is 44.5 Å². The summed E-state index contributed by atoms with van der Waals surface area (Å²) in [7, 11) is -0.274. The fourth-order valence-corrected chi connectivity index (χ4v) is 4.91. The van der Waals surface area contributed by atoms with Crippen LogP contribution in [0.2, 0.25) is 0 Å². The van der Waals surface area contributed by atoms with E-state index in [0.717, 1.165) is 17.0 Å². The number of alkyl halides is 1. The van der Waals surface area contributed by atoms with Crippen LogP contribution < -0.4 is 5.32 Å². The molecule has 120 valence electrons. The summed E-state index contributed by atoms with van der Waals surface area (Å²) in [6.45, 7) is 8.89. The smallest absolute Gasteiger partial charge is 0.255 e. The van der Waals surface area contributed by atoms with Crippen molar-refractivity contribution in [3.05, 3.63) is 57.5 Å². The van der Waals surface area contributed by atoms with Crippen LogP contribution in [0.25, 0.3) is 0 Å². The van der Waals surface area contributed by atoms with Gasteiger partial charge in [-0.05, 0) is 45.3 Å². The van der Waals surface area contributed by atoms with Gasteiger partial charge in [0.25, 0.3) is 5.91 Å². The molecule has 1 amide bonds. The molecule has 1 aromatic carbocycles. The van der Waals surface area contributed by atoms with Gasteiger partial charge in [0.1, 0.15) is 0 Å². The Kier molecular flexibility index (Phi) is 5.41. The molecule has 0 fully saturated rings. The molecule has 1 aliphatic heterocycles. The van der Waals surface area contributed by atoms with Crippen LogP contribution in [-0.4, -0.2) is 11.7 Å². The van der Waals surface area contributed by atoms with Gasteiger partial charge in [-0.3, -0.25) is 4.79 Å². The summed E-state index contributed by atoms with van der Waals surface area (Å²) in [5.74, 6) is 1.51. The van der Waals surface area contributed by atoms with Crippen molar-refractivity contribution in [2.75, 3.05) is 5.75 Å². The average Bonchev–Trinajstić information content (AvgIpc) is 2.90. The van der Waals surface area contributed by atoms with Crippen LogP contribution in [0.15, 0.2) is 46.4 Å². The second kappa shape index (κ2) is 6.93. The van der Waals surface area contributed by atoms with E-state index >= 15 is 0 Å². The van der Waals surface area contributed by atoms with Crippen molar-refractivity contribution in [2.24, 2.45) is 5.41 Å². The van der Waals surface area contributed by atoms with Crippen molar-refractivity contribution in [1.82, 2.24) is 5.32 Å². The maximum Gasteiger partial charge on any atom is 0.255 e. The van der Waals surface area contributed by atoms with Crippen LogP contribution >= 0.6 is 22.5 Å². The Labute approximate surface area is 141 Å². The topological polar surface area (TPSA) is 29.1 Å². The Hall–Kier alpha value is -1.19. The third kappa shape index (κ3) is 3.96. The maximum absolute atomic E-state index is 12.3. The molecule has 1 heterocycles. The first-order valence-electron chi connectivity index (χ1n) is 7.52. The Bertz CT molecular complexity index is 611. The number of allylic oxidation sites excluding steroid dienone is 2. The summed E-state index contributed by atoms with van der Waals surface area (Å²) in [4.78, 5) is 13.8. The molecule has 2 rings (SSSR count). The van der Waals surface area contributed by atoms with Gasteiger partial charge in [-0.1, -0.05) is 39.8 Å². The molecule has 1 unspecified atom stereocenters. The highest BCUT2D eigenvalue weighted by Gasteiger charge is 2.25. The van der Waals surface area contributed by atoms with Crippen molar-refractivity contribution < 1.29 is 4.79 Å². The van der Waals surface area contributed by atoms with Crippen LogP contribution in [0.5, 0.6) is 0 Å². The lowest BCUT2D eigenvalue weighted by atomic mass is 9.95. The quantitative estimate of drug-likeness (QED) is 0.590. The summed E-state index contributed by atoms with van der Waals surface area (Å²) >= 11 is 5.77. The minimum absolute atomic E-state index is 0.0650. The molecule has 0 radical (unpaired) electrons. The van der Waals surface area contributed by atoms with Crippen molar-refractivity contribution in [2.45, 2.75) is 33.6 Å². The van der Waals surface area contributed by atoms with Gasteiger partial charge >= 0.3 is 0 Å². The molecule has 1 N–H and O–H groups in total. The fourth-order valence-electron chi connectivity index (χ4n) is 2.43.